The SMILES string of the molecule is Cc1cc(C2CN(S(=O)(=O)CC3CCC(C)C3)C2)no1. The smallest absolute Gasteiger partial charge is 0.214 e. The summed E-state index contributed by atoms with van der Waals surface area (Å²) in [6.07, 6.45) is 3.28. The highest BCUT2D eigenvalue weighted by Gasteiger charge is 2.39. The van der Waals surface area contributed by atoms with E-state index in [-0.39, 0.29) is 5.92 Å². The molecule has 1 saturated carbocycles. The molecule has 1 saturated heterocycles. The Bertz CT molecular complexity index is 575. The normalized spacial score (nSPS) is 28.7. The van der Waals surface area contributed by atoms with Crippen molar-refractivity contribution in [1.29, 1.82) is 0 Å². The zero-order valence-corrected chi connectivity index (χ0v) is 12.9. The maximum absolute atomic E-state index is 12.3. The lowest BCUT2D eigenvalue weighted by molar-refractivity contribution is 0.250. The van der Waals surface area contributed by atoms with Crippen molar-refractivity contribution in [3.8, 4) is 0 Å². The van der Waals surface area contributed by atoms with Crippen LogP contribution in [0.2, 0.25) is 0 Å². The van der Waals surface area contributed by atoms with Crippen molar-refractivity contribution in [2.45, 2.75) is 39.0 Å². The number of aromatic nitrogens is 1. The van der Waals surface area contributed by atoms with Crippen LogP contribution in [0.25, 0.3) is 0 Å². The van der Waals surface area contributed by atoms with E-state index in [1.165, 1.54) is 6.42 Å². The first kappa shape index (κ1) is 14.1. The zero-order chi connectivity index (χ0) is 14.3. The van der Waals surface area contributed by atoms with Gasteiger partial charge in [0.1, 0.15) is 5.76 Å². The van der Waals surface area contributed by atoms with Crippen molar-refractivity contribution in [3.05, 3.63) is 17.5 Å². The molecule has 0 spiro atoms. The summed E-state index contributed by atoms with van der Waals surface area (Å²) in [7, 11) is -3.09. The molecule has 20 heavy (non-hydrogen) atoms. The summed E-state index contributed by atoms with van der Waals surface area (Å²) in [5.74, 6) is 2.33. The number of hydrogen-bond donors (Lipinski definition) is 0. The fourth-order valence-corrected chi connectivity index (χ4v) is 5.23. The molecule has 2 fully saturated rings. The van der Waals surface area contributed by atoms with Crippen molar-refractivity contribution in [3.63, 3.8) is 0 Å². The summed E-state index contributed by atoms with van der Waals surface area (Å²) >= 11 is 0. The number of hydrogen-bond acceptors (Lipinski definition) is 4. The molecule has 2 heterocycles. The van der Waals surface area contributed by atoms with Crippen LogP contribution in [0.5, 0.6) is 0 Å². The van der Waals surface area contributed by atoms with E-state index in [1.54, 1.807) is 4.31 Å². The monoisotopic (exact) mass is 298 g/mol. The molecule has 3 rings (SSSR count). The van der Waals surface area contributed by atoms with Crippen molar-refractivity contribution < 1.29 is 12.9 Å². The van der Waals surface area contributed by atoms with Gasteiger partial charge in [0.25, 0.3) is 0 Å². The van der Waals surface area contributed by atoms with Crippen LogP contribution in [0.1, 0.15) is 43.6 Å². The second kappa shape index (κ2) is 5.15. The van der Waals surface area contributed by atoms with E-state index in [0.29, 0.717) is 30.7 Å². The molecule has 2 atom stereocenters. The van der Waals surface area contributed by atoms with Crippen LogP contribution in [0.4, 0.5) is 0 Å². The number of nitrogens with zero attached hydrogens (tertiary/aromatic N) is 2. The number of rotatable bonds is 4. The Labute approximate surface area is 120 Å². The highest BCUT2D eigenvalue weighted by atomic mass is 32.2. The predicted octanol–water partition coefficient (Wildman–Crippen LogP) is 2.15. The summed E-state index contributed by atoms with van der Waals surface area (Å²) in [6.45, 7) is 5.16. The Morgan fingerprint density at radius 1 is 1.40 bits per heavy atom. The van der Waals surface area contributed by atoms with Crippen LogP contribution < -0.4 is 0 Å². The second-order valence-electron chi connectivity index (χ2n) is 6.44. The molecule has 6 heteroatoms. The van der Waals surface area contributed by atoms with Gasteiger partial charge in [-0.2, -0.15) is 0 Å². The molecular weight excluding hydrogens is 276 g/mol. The Morgan fingerprint density at radius 2 is 2.15 bits per heavy atom. The van der Waals surface area contributed by atoms with E-state index in [4.69, 9.17) is 4.52 Å². The molecule has 2 unspecified atom stereocenters. The summed E-state index contributed by atoms with van der Waals surface area (Å²) in [6, 6.07) is 1.90. The summed E-state index contributed by atoms with van der Waals surface area (Å²) in [4.78, 5) is 0. The van der Waals surface area contributed by atoms with Gasteiger partial charge in [-0.1, -0.05) is 18.5 Å². The zero-order valence-electron chi connectivity index (χ0n) is 12.1. The van der Waals surface area contributed by atoms with E-state index >= 15 is 0 Å². The van der Waals surface area contributed by atoms with Crippen molar-refractivity contribution >= 4 is 10.0 Å². The van der Waals surface area contributed by atoms with Crippen LogP contribution in [0, 0.1) is 18.8 Å². The Hall–Kier alpha value is -0.880. The van der Waals surface area contributed by atoms with Gasteiger partial charge in [-0.15, -0.1) is 0 Å². The van der Waals surface area contributed by atoms with Gasteiger partial charge in [0.05, 0.1) is 11.4 Å². The maximum Gasteiger partial charge on any atom is 0.214 e. The van der Waals surface area contributed by atoms with Crippen LogP contribution in [-0.2, 0) is 10.0 Å². The Morgan fingerprint density at radius 3 is 2.70 bits per heavy atom. The van der Waals surface area contributed by atoms with Gasteiger partial charge in [0.2, 0.25) is 10.0 Å². The van der Waals surface area contributed by atoms with E-state index in [2.05, 4.69) is 12.1 Å². The lowest BCUT2D eigenvalue weighted by Gasteiger charge is -2.37. The Kier molecular flexibility index (Phi) is 3.62. The van der Waals surface area contributed by atoms with Crippen LogP contribution >= 0.6 is 0 Å². The molecule has 1 aromatic rings. The average molecular weight is 298 g/mol. The quantitative estimate of drug-likeness (QED) is 0.854. The molecule has 2 aliphatic rings. The Balaban J connectivity index is 1.55. The molecule has 0 N–H and O–H groups in total. The molecule has 0 amide bonds. The average Bonchev–Trinajstić information content (AvgIpc) is 2.85. The molecule has 112 valence electrons. The molecule has 1 aliphatic carbocycles. The fourth-order valence-electron chi connectivity index (χ4n) is 3.31. The van der Waals surface area contributed by atoms with Crippen LogP contribution in [-0.4, -0.2) is 36.7 Å². The lowest BCUT2D eigenvalue weighted by Crippen LogP contribution is -2.49. The van der Waals surface area contributed by atoms with Gasteiger partial charge < -0.3 is 4.52 Å². The third-order valence-corrected chi connectivity index (χ3v) is 6.53. The van der Waals surface area contributed by atoms with Crippen molar-refractivity contribution in [2.75, 3.05) is 18.8 Å². The number of aryl methyl sites for hydroxylation is 1. The van der Waals surface area contributed by atoms with Gasteiger partial charge in [-0.05, 0) is 31.6 Å². The minimum Gasteiger partial charge on any atom is -0.361 e. The topological polar surface area (TPSA) is 63.4 Å². The molecule has 0 aromatic carbocycles. The van der Waals surface area contributed by atoms with Crippen LogP contribution in [0.3, 0.4) is 0 Å². The van der Waals surface area contributed by atoms with Gasteiger partial charge in [0.15, 0.2) is 0 Å². The van der Waals surface area contributed by atoms with Crippen molar-refractivity contribution in [1.82, 2.24) is 9.46 Å². The third-order valence-electron chi connectivity index (χ3n) is 4.56. The van der Waals surface area contributed by atoms with Crippen LogP contribution in [0.15, 0.2) is 10.6 Å². The summed E-state index contributed by atoms with van der Waals surface area (Å²) < 4.78 is 31.3. The first-order valence-electron chi connectivity index (χ1n) is 7.35. The standard InChI is InChI=1S/C14H22N2O3S/c1-10-3-4-12(5-10)9-20(17,18)16-7-13(8-16)14-6-11(2)19-15-14/h6,10,12-13H,3-5,7-9H2,1-2H3. The highest BCUT2D eigenvalue weighted by Crippen LogP contribution is 2.34. The maximum atomic E-state index is 12.3. The van der Waals surface area contributed by atoms with E-state index in [1.807, 2.05) is 13.0 Å². The van der Waals surface area contributed by atoms with Gasteiger partial charge in [-0.25, -0.2) is 12.7 Å². The predicted molar refractivity (Wildman–Crippen MR) is 75.8 cm³/mol. The minimum atomic E-state index is -3.09. The lowest BCUT2D eigenvalue weighted by atomic mass is 9.99. The molecule has 0 radical (unpaired) electrons. The molecule has 5 nitrogen and oxygen atoms in total. The molecule has 0 bridgehead atoms. The summed E-state index contributed by atoms with van der Waals surface area (Å²) in [5.41, 5.74) is 0.878. The van der Waals surface area contributed by atoms with Gasteiger partial charge >= 0.3 is 0 Å². The fraction of sp³-hybridized carbons (Fsp3) is 0.786. The largest absolute Gasteiger partial charge is 0.361 e. The van der Waals surface area contributed by atoms with Crippen molar-refractivity contribution in [2.24, 2.45) is 11.8 Å². The molecular formula is C14H22N2O3S. The third kappa shape index (κ3) is 2.76. The van der Waals surface area contributed by atoms with Gasteiger partial charge in [-0.3, -0.25) is 0 Å². The number of sulfonamides is 1. The van der Waals surface area contributed by atoms with E-state index in [0.717, 1.165) is 24.3 Å². The highest BCUT2D eigenvalue weighted by molar-refractivity contribution is 7.89. The van der Waals surface area contributed by atoms with E-state index in [9.17, 15) is 8.42 Å². The summed E-state index contributed by atoms with van der Waals surface area (Å²) in [5, 5.41) is 3.97. The molecule has 1 aliphatic heterocycles. The molecule has 1 aromatic heterocycles. The van der Waals surface area contributed by atoms with Gasteiger partial charge in [0, 0.05) is 25.1 Å². The first-order chi connectivity index (χ1) is 9.44. The minimum absolute atomic E-state index is 0.199. The second-order valence-corrected chi connectivity index (χ2v) is 8.45. The first-order valence-corrected chi connectivity index (χ1v) is 8.96. The van der Waals surface area contributed by atoms with E-state index < -0.39 is 10.0 Å².